The highest BCUT2D eigenvalue weighted by atomic mass is 19.1. The molecule has 4 nitrogen and oxygen atoms in total. The molecule has 1 heterocycles. The van der Waals surface area contributed by atoms with E-state index in [9.17, 15) is 9.18 Å². The fourth-order valence-corrected chi connectivity index (χ4v) is 2.99. The van der Waals surface area contributed by atoms with Gasteiger partial charge in [0.05, 0.1) is 0 Å². The fraction of sp³-hybridized carbons (Fsp3) is 0.611. The average molecular weight is 322 g/mol. The van der Waals surface area contributed by atoms with Crippen molar-refractivity contribution in [2.75, 3.05) is 19.6 Å². The molecule has 1 aliphatic heterocycles. The van der Waals surface area contributed by atoms with Crippen LogP contribution in [0.5, 0.6) is 0 Å². The zero-order valence-electron chi connectivity index (χ0n) is 14.3. The Balaban J connectivity index is 2.00. The Morgan fingerprint density at radius 2 is 1.91 bits per heavy atom. The molecule has 0 radical (unpaired) electrons. The molecule has 2 N–H and O–H groups in total. The van der Waals surface area contributed by atoms with Crippen LogP contribution in [0.3, 0.4) is 0 Å². The van der Waals surface area contributed by atoms with Gasteiger partial charge < -0.3 is 15.4 Å². The monoisotopic (exact) mass is 322 g/mol. The number of rotatable bonds is 3. The fourth-order valence-electron chi connectivity index (χ4n) is 2.99. The number of hydrogen-bond acceptors (Lipinski definition) is 3. The maximum absolute atomic E-state index is 13.9. The maximum Gasteiger partial charge on any atom is 0.410 e. The molecule has 1 fully saturated rings. The third-order valence-electron chi connectivity index (χ3n) is 4.43. The molecular weight excluding hydrogens is 295 g/mol. The summed E-state index contributed by atoms with van der Waals surface area (Å²) in [5.74, 6) is -0.185. The number of ether oxygens (including phenoxy) is 1. The Morgan fingerprint density at radius 3 is 2.43 bits per heavy atom. The van der Waals surface area contributed by atoms with Crippen molar-refractivity contribution < 1.29 is 13.9 Å². The normalized spacial score (nSPS) is 17.9. The van der Waals surface area contributed by atoms with Crippen molar-refractivity contribution in [3.05, 3.63) is 35.6 Å². The van der Waals surface area contributed by atoms with E-state index in [1.807, 2.05) is 32.9 Å². The van der Waals surface area contributed by atoms with Gasteiger partial charge in [-0.2, -0.15) is 0 Å². The Hall–Kier alpha value is -1.62. The summed E-state index contributed by atoms with van der Waals surface area (Å²) in [5.41, 5.74) is 6.05. The van der Waals surface area contributed by atoms with Crippen molar-refractivity contribution in [1.29, 1.82) is 0 Å². The molecule has 0 atom stereocenters. The number of likely N-dealkylation sites (tertiary alicyclic amines) is 1. The number of nitrogens with zero attached hydrogens (tertiary/aromatic N) is 1. The highest BCUT2D eigenvalue weighted by Gasteiger charge is 2.36. The minimum absolute atomic E-state index is 0.152. The standard InChI is InChI=1S/C18H27FN2O2/c1-17(2,3)23-16(22)21-10-8-18(13-20,9-11-21)12-14-6-4-5-7-15(14)19/h4-7H,8-13,20H2,1-3H3. The zero-order valence-corrected chi connectivity index (χ0v) is 14.3. The first-order valence-corrected chi connectivity index (χ1v) is 8.16. The molecule has 1 aromatic rings. The molecule has 0 bridgehead atoms. The number of nitrogens with two attached hydrogens (primary N) is 1. The molecule has 1 aliphatic rings. The third kappa shape index (κ3) is 4.67. The van der Waals surface area contributed by atoms with Gasteiger partial charge in [-0.1, -0.05) is 18.2 Å². The average Bonchev–Trinajstić information content (AvgIpc) is 2.48. The highest BCUT2D eigenvalue weighted by Crippen LogP contribution is 2.35. The predicted octanol–water partition coefficient (Wildman–Crippen LogP) is 3.34. The lowest BCUT2D eigenvalue weighted by Crippen LogP contribution is -2.48. The first-order chi connectivity index (χ1) is 10.7. The third-order valence-corrected chi connectivity index (χ3v) is 4.43. The molecule has 23 heavy (non-hydrogen) atoms. The van der Waals surface area contributed by atoms with Crippen LogP contribution < -0.4 is 5.73 Å². The number of benzene rings is 1. The minimum atomic E-state index is -0.493. The van der Waals surface area contributed by atoms with Crippen molar-refractivity contribution in [1.82, 2.24) is 4.90 Å². The van der Waals surface area contributed by atoms with Crippen molar-refractivity contribution >= 4 is 6.09 Å². The van der Waals surface area contributed by atoms with Crippen LogP contribution in [0.4, 0.5) is 9.18 Å². The summed E-state index contributed by atoms with van der Waals surface area (Å²) in [7, 11) is 0. The molecule has 1 aromatic carbocycles. The molecule has 0 aliphatic carbocycles. The lowest BCUT2D eigenvalue weighted by molar-refractivity contribution is 0.0108. The van der Waals surface area contributed by atoms with Gasteiger partial charge in [-0.05, 0) is 63.6 Å². The molecular formula is C18H27FN2O2. The molecule has 5 heteroatoms. The maximum atomic E-state index is 13.9. The summed E-state index contributed by atoms with van der Waals surface area (Å²) in [6.07, 6.45) is 1.85. The first-order valence-electron chi connectivity index (χ1n) is 8.16. The van der Waals surface area contributed by atoms with E-state index < -0.39 is 5.60 Å². The van der Waals surface area contributed by atoms with Crippen LogP contribution in [-0.4, -0.2) is 36.2 Å². The van der Waals surface area contributed by atoms with Crippen LogP contribution in [0, 0.1) is 11.2 Å². The van der Waals surface area contributed by atoms with E-state index in [0.29, 0.717) is 31.6 Å². The van der Waals surface area contributed by atoms with E-state index in [4.69, 9.17) is 10.5 Å². The van der Waals surface area contributed by atoms with Crippen molar-refractivity contribution in [2.24, 2.45) is 11.1 Å². The van der Waals surface area contributed by atoms with Crippen molar-refractivity contribution in [3.63, 3.8) is 0 Å². The second kappa shape index (κ2) is 6.87. The largest absolute Gasteiger partial charge is 0.444 e. The molecule has 1 saturated heterocycles. The summed E-state index contributed by atoms with van der Waals surface area (Å²) in [5, 5.41) is 0. The first kappa shape index (κ1) is 17.7. The van der Waals surface area contributed by atoms with Crippen LogP contribution in [-0.2, 0) is 11.2 Å². The molecule has 0 saturated carbocycles. The van der Waals surface area contributed by atoms with E-state index in [2.05, 4.69) is 0 Å². The summed E-state index contributed by atoms with van der Waals surface area (Å²) >= 11 is 0. The van der Waals surface area contributed by atoms with Gasteiger partial charge in [0.15, 0.2) is 0 Å². The Bertz CT molecular complexity index is 546. The van der Waals surface area contributed by atoms with Gasteiger partial charge in [0.1, 0.15) is 11.4 Å². The molecule has 0 spiro atoms. The van der Waals surface area contributed by atoms with Crippen LogP contribution in [0.1, 0.15) is 39.2 Å². The van der Waals surface area contributed by atoms with E-state index in [-0.39, 0.29) is 17.3 Å². The van der Waals surface area contributed by atoms with Gasteiger partial charge in [-0.15, -0.1) is 0 Å². The minimum Gasteiger partial charge on any atom is -0.444 e. The quantitative estimate of drug-likeness (QED) is 0.928. The van der Waals surface area contributed by atoms with E-state index in [1.54, 1.807) is 11.0 Å². The van der Waals surface area contributed by atoms with Crippen LogP contribution in [0.25, 0.3) is 0 Å². The van der Waals surface area contributed by atoms with Gasteiger partial charge in [-0.25, -0.2) is 9.18 Å². The van der Waals surface area contributed by atoms with E-state index >= 15 is 0 Å². The second-order valence-corrected chi connectivity index (χ2v) is 7.44. The van der Waals surface area contributed by atoms with Crippen LogP contribution >= 0.6 is 0 Å². The number of halogens is 1. The van der Waals surface area contributed by atoms with Gasteiger partial charge in [0.2, 0.25) is 0 Å². The number of amides is 1. The second-order valence-electron chi connectivity index (χ2n) is 7.44. The summed E-state index contributed by atoms with van der Waals surface area (Å²) in [6, 6.07) is 6.83. The Morgan fingerprint density at radius 1 is 1.30 bits per heavy atom. The van der Waals surface area contributed by atoms with Crippen LogP contribution in [0.2, 0.25) is 0 Å². The summed E-state index contributed by atoms with van der Waals surface area (Å²) < 4.78 is 19.3. The molecule has 1 amide bonds. The summed E-state index contributed by atoms with van der Waals surface area (Å²) in [6.45, 7) is 7.26. The van der Waals surface area contributed by atoms with E-state index in [1.165, 1.54) is 6.07 Å². The SMILES string of the molecule is CC(C)(C)OC(=O)N1CCC(CN)(Cc2ccccc2F)CC1. The van der Waals surface area contributed by atoms with Crippen molar-refractivity contribution in [2.45, 2.75) is 45.6 Å². The van der Waals surface area contributed by atoms with Gasteiger partial charge in [0.25, 0.3) is 0 Å². The van der Waals surface area contributed by atoms with E-state index in [0.717, 1.165) is 12.8 Å². The van der Waals surface area contributed by atoms with Crippen LogP contribution in [0.15, 0.2) is 24.3 Å². The number of hydrogen-bond donors (Lipinski definition) is 1. The van der Waals surface area contributed by atoms with Gasteiger partial charge >= 0.3 is 6.09 Å². The number of piperidine rings is 1. The Kier molecular flexibility index (Phi) is 5.30. The topological polar surface area (TPSA) is 55.6 Å². The predicted molar refractivity (Wildman–Crippen MR) is 88.6 cm³/mol. The zero-order chi connectivity index (χ0) is 17.1. The number of carbonyl (C=O) groups is 1. The van der Waals surface area contributed by atoms with Gasteiger partial charge in [-0.3, -0.25) is 0 Å². The Labute approximate surface area is 137 Å². The molecule has 2 rings (SSSR count). The lowest BCUT2D eigenvalue weighted by Gasteiger charge is -2.41. The molecule has 0 aromatic heterocycles. The van der Waals surface area contributed by atoms with Gasteiger partial charge in [0, 0.05) is 13.1 Å². The molecule has 128 valence electrons. The lowest BCUT2D eigenvalue weighted by atomic mass is 9.74. The highest BCUT2D eigenvalue weighted by molar-refractivity contribution is 5.68. The number of carbonyl (C=O) groups excluding carboxylic acids is 1. The smallest absolute Gasteiger partial charge is 0.410 e. The van der Waals surface area contributed by atoms with Crippen molar-refractivity contribution in [3.8, 4) is 0 Å². The summed E-state index contributed by atoms with van der Waals surface area (Å²) in [4.78, 5) is 13.9. The molecule has 0 unspecified atom stereocenters.